The molecule has 1 aromatic carbocycles. The number of carbonyl (C=O) groups is 1. The van der Waals surface area contributed by atoms with Gasteiger partial charge in [0.2, 0.25) is 5.76 Å². The number of amides is 1. The number of rotatable bonds is 4. The number of H-pyrrole nitrogens is 1. The summed E-state index contributed by atoms with van der Waals surface area (Å²) < 4.78 is 5.05. The Hall–Kier alpha value is -2.89. The Morgan fingerprint density at radius 2 is 2.10 bits per heavy atom. The van der Waals surface area contributed by atoms with Crippen molar-refractivity contribution in [1.29, 1.82) is 0 Å². The molecule has 0 aliphatic rings. The van der Waals surface area contributed by atoms with E-state index >= 15 is 0 Å². The van der Waals surface area contributed by atoms with Crippen LogP contribution in [0, 0.1) is 6.92 Å². The summed E-state index contributed by atoms with van der Waals surface area (Å²) >= 11 is 0. The number of hydrogen-bond donors (Lipinski definition) is 2. The molecule has 0 bridgehead atoms. The molecule has 3 aromatic rings. The molecule has 0 fully saturated rings. The van der Waals surface area contributed by atoms with Gasteiger partial charge in [-0.25, -0.2) is 4.98 Å². The maximum absolute atomic E-state index is 11.9. The summed E-state index contributed by atoms with van der Waals surface area (Å²) in [4.78, 5) is 15.8. The molecule has 0 saturated heterocycles. The number of aryl methyl sites for hydroxylation is 1. The average molecular weight is 282 g/mol. The molecule has 3 rings (SSSR count). The number of nitrogens with zero attached hydrogens (tertiary/aromatic N) is 2. The normalized spacial score (nSPS) is 10.5. The van der Waals surface area contributed by atoms with Gasteiger partial charge < -0.3 is 9.73 Å². The fourth-order valence-electron chi connectivity index (χ4n) is 2.00. The molecule has 6 heteroatoms. The Bertz CT molecular complexity index is 729. The van der Waals surface area contributed by atoms with Crippen molar-refractivity contribution in [1.82, 2.24) is 20.5 Å². The Morgan fingerprint density at radius 1 is 1.29 bits per heavy atom. The number of aromatic amines is 1. The first kappa shape index (κ1) is 13.1. The highest BCUT2D eigenvalue weighted by molar-refractivity contribution is 5.92. The van der Waals surface area contributed by atoms with Crippen LogP contribution in [0.4, 0.5) is 0 Å². The molecule has 106 valence electrons. The Kier molecular flexibility index (Phi) is 3.51. The van der Waals surface area contributed by atoms with Crippen LogP contribution in [-0.2, 0) is 6.54 Å². The molecule has 0 unspecified atom stereocenters. The second-order valence-electron chi connectivity index (χ2n) is 4.62. The fraction of sp³-hybridized carbons (Fsp3) is 0.133. The topological polar surface area (TPSA) is 83.8 Å². The van der Waals surface area contributed by atoms with Crippen LogP contribution in [0.15, 0.2) is 47.3 Å². The summed E-state index contributed by atoms with van der Waals surface area (Å²) in [6.45, 7) is 2.17. The highest BCUT2D eigenvalue weighted by Crippen LogP contribution is 2.16. The van der Waals surface area contributed by atoms with E-state index in [-0.39, 0.29) is 11.7 Å². The van der Waals surface area contributed by atoms with E-state index < -0.39 is 0 Å². The van der Waals surface area contributed by atoms with Gasteiger partial charge in [0, 0.05) is 12.7 Å². The fourth-order valence-corrected chi connectivity index (χ4v) is 2.00. The molecular weight excluding hydrogens is 268 g/mol. The van der Waals surface area contributed by atoms with Crippen LogP contribution >= 0.6 is 0 Å². The molecule has 0 spiro atoms. The van der Waals surface area contributed by atoms with E-state index in [1.807, 2.05) is 30.3 Å². The molecule has 2 N–H and O–H groups in total. The minimum absolute atomic E-state index is 0.254. The quantitative estimate of drug-likeness (QED) is 0.769. The van der Waals surface area contributed by atoms with Gasteiger partial charge in [0.05, 0.1) is 11.4 Å². The Labute approximate surface area is 121 Å². The van der Waals surface area contributed by atoms with Gasteiger partial charge in [-0.05, 0) is 24.1 Å². The second kappa shape index (κ2) is 5.62. The van der Waals surface area contributed by atoms with Crippen LogP contribution in [0.25, 0.3) is 11.3 Å². The lowest BCUT2D eigenvalue weighted by atomic mass is 10.1. The molecule has 0 aliphatic heterocycles. The maximum Gasteiger partial charge on any atom is 0.289 e. The third-order valence-corrected chi connectivity index (χ3v) is 3.17. The van der Waals surface area contributed by atoms with Crippen molar-refractivity contribution in [2.75, 3.05) is 0 Å². The zero-order valence-electron chi connectivity index (χ0n) is 11.5. The van der Waals surface area contributed by atoms with Gasteiger partial charge in [-0.2, -0.15) is 5.10 Å². The van der Waals surface area contributed by atoms with Gasteiger partial charge in [0.15, 0.2) is 6.39 Å². The van der Waals surface area contributed by atoms with E-state index in [1.54, 1.807) is 13.1 Å². The molecule has 6 nitrogen and oxygen atoms in total. The monoisotopic (exact) mass is 282 g/mol. The Balaban J connectivity index is 1.64. The lowest BCUT2D eigenvalue weighted by molar-refractivity contribution is 0.0922. The summed E-state index contributed by atoms with van der Waals surface area (Å²) in [6, 6.07) is 9.79. The highest BCUT2D eigenvalue weighted by Gasteiger charge is 2.13. The molecule has 2 aromatic heterocycles. The van der Waals surface area contributed by atoms with Crippen molar-refractivity contribution in [2.24, 2.45) is 0 Å². The van der Waals surface area contributed by atoms with E-state index in [9.17, 15) is 4.79 Å². The first-order valence-corrected chi connectivity index (χ1v) is 6.51. The van der Waals surface area contributed by atoms with Crippen LogP contribution in [0.3, 0.4) is 0 Å². The average Bonchev–Trinajstić information content (AvgIpc) is 3.16. The van der Waals surface area contributed by atoms with E-state index in [2.05, 4.69) is 20.5 Å². The summed E-state index contributed by atoms with van der Waals surface area (Å²) in [6.07, 6.45) is 2.98. The summed E-state index contributed by atoms with van der Waals surface area (Å²) in [5, 5.41) is 9.63. The van der Waals surface area contributed by atoms with Crippen molar-refractivity contribution < 1.29 is 9.21 Å². The zero-order chi connectivity index (χ0) is 14.7. The predicted octanol–water partition coefficient (Wildman–Crippen LogP) is 2.30. The molecule has 0 saturated carbocycles. The zero-order valence-corrected chi connectivity index (χ0v) is 11.5. The van der Waals surface area contributed by atoms with Crippen LogP contribution in [0.5, 0.6) is 0 Å². The number of carbonyl (C=O) groups excluding carboxylic acids is 1. The first-order valence-electron chi connectivity index (χ1n) is 6.51. The van der Waals surface area contributed by atoms with Crippen molar-refractivity contribution >= 4 is 5.91 Å². The maximum atomic E-state index is 11.9. The third kappa shape index (κ3) is 2.84. The number of aromatic nitrogens is 3. The summed E-state index contributed by atoms with van der Waals surface area (Å²) in [7, 11) is 0. The second-order valence-corrected chi connectivity index (χ2v) is 4.62. The molecule has 2 heterocycles. The smallest absolute Gasteiger partial charge is 0.289 e. The van der Waals surface area contributed by atoms with Crippen LogP contribution in [0.1, 0.15) is 21.8 Å². The van der Waals surface area contributed by atoms with Crippen LogP contribution in [-0.4, -0.2) is 21.1 Å². The molecule has 0 aliphatic carbocycles. The molecular formula is C15H14N4O2. The van der Waals surface area contributed by atoms with E-state index in [0.29, 0.717) is 12.2 Å². The lowest BCUT2D eigenvalue weighted by Gasteiger charge is -2.05. The van der Waals surface area contributed by atoms with E-state index in [4.69, 9.17) is 4.42 Å². The Morgan fingerprint density at radius 3 is 2.71 bits per heavy atom. The third-order valence-electron chi connectivity index (χ3n) is 3.17. The van der Waals surface area contributed by atoms with Gasteiger partial charge in [-0.1, -0.05) is 24.3 Å². The predicted molar refractivity (Wildman–Crippen MR) is 76.4 cm³/mol. The standard InChI is InChI=1S/C15H14N4O2/c1-10-14(21-9-17-10)15(20)16-8-11-2-4-12(5-3-11)13-6-7-18-19-13/h2-7,9H,8H2,1H3,(H,16,20)(H,18,19). The van der Waals surface area contributed by atoms with Gasteiger partial charge in [0.1, 0.15) is 0 Å². The van der Waals surface area contributed by atoms with Crippen molar-refractivity contribution in [2.45, 2.75) is 13.5 Å². The highest BCUT2D eigenvalue weighted by atomic mass is 16.3. The van der Waals surface area contributed by atoms with Gasteiger partial charge in [-0.15, -0.1) is 0 Å². The van der Waals surface area contributed by atoms with Gasteiger partial charge >= 0.3 is 0 Å². The summed E-state index contributed by atoms with van der Waals surface area (Å²) in [5.74, 6) is -0.00766. The van der Waals surface area contributed by atoms with Crippen molar-refractivity contribution in [3.05, 3.63) is 59.9 Å². The van der Waals surface area contributed by atoms with Gasteiger partial charge in [-0.3, -0.25) is 9.89 Å². The molecule has 1 amide bonds. The van der Waals surface area contributed by atoms with Crippen LogP contribution in [0.2, 0.25) is 0 Å². The number of oxazole rings is 1. The lowest BCUT2D eigenvalue weighted by Crippen LogP contribution is -2.23. The molecule has 0 radical (unpaired) electrons. The summed E-state index contributed by atoms with van der Waals surface area (Å²) in [5.41, 5.74) is 3.60. The number of nitrogens with one attached hydrogen (secondary N) is 2. The SMILES string of the molecule is Cc1ncoc1C(=O)NCc1ccc(-c2ccn[nH]2)cc1. The number of hydrogen-bond acceptors (Lipinski definition) is 4. The van der Waals surface area contributed by atoms with E-state index in [0.717, 1.165) is 16.8 Å². The van der Waals surface area contributed by atoms with Crippen LogP contribution < -0.4 is 5.32 Å². The number of benzene rings is 1. The minimum atomic E-state index is -0.261. The van der Waals surface area contributed by atoms with Crippen molar-refractivity contribution in [3.63, 3.8) is 0 Å². The first-order chi connectivity index (χ1) is 10.2. The van der Waals surface area contributed by atoms with Gasteiger partial charge in [0.25, 0.3) is 5.91 Å². The molecule has 21 heavy (non-hydrogen) atoms. The largest absolute Gasteiger partial charge is 0.438 e. The molecule has 0 atom stereocenters. The minimum Gasteiger partial charge on any atom is -0.438 e. The van der Waals surface area contributed by atoms with Crippen molar-refractivity contribution in [3.8, 4) is 11.3 Å². The van der Waals surface area contributed by atoms with E-state index in [1.165, 1.54) is 6.39 Å².